The van der Waals surface area contributed by atoms with Crippen LogP contribution in [-0.4, -0.2) is 34.4 Å². The van der Waals surface area contributed by atoms with E-state index in [2.05, 4.69) is 62.4 Å². The van der Waals surface area contributed by atoms with E-state index < -0.39 is 21.1 Å². The van der Waals surface area contributed by atoms with E-state index in [4.69, 9.17) is 9.47 Å². The molecule has 2 rings (SSSR count). The van der Waals surface area contributed by atoms with Gasteiger partial charge in [0.15, 0.2) is 0 Å². The van der Waals surface area contributed by atoms with E-state index in [-0.39, 0.29) is 0 Å². The molecule has 0 N–H and O–H groups in total. The third kappa shape index (κ3) is 6.86. The van der Waals surface area contributed by atoms with Gasteiger partial charge >= 0.3 is 151 Å². The zero-order chi connectivity index (χ0) is 16.3. The van der Waals surface area contributed by atoms with Crippen molar-refractivity contribution in [1.29, 1.82) is 0 Å². The maximum atomic E-state index is 5.72. The Morgan fingerprint density at radius 3 is 1.39 bits per heavy atom. The summed E-state index contributed by atoms with van der Waals surface area (Å²) in [6.45, 7) is 5.99. The van der Waals surface area contributed by atoms with Gasteiger partial charge < -0.3 is 0 Å². The molecule has 0 aliphatic rings. The van der Waals surface area contributed by atoms with Crippen LogP contribution in [0.2, 0.25) is 0 Å². The number of hydrogen-bond acceptors (Lipinski definition) is 2. The molecule has 0 amide bonds. The van der Waals surface area contributed by atoms with Crippen molar-refractivity contribution in [3.05, 3.63) is 48.5 Å². The number of benzene rings is 2. The van der Waals surface area contributed by atoms with Crippen molar-refractivity contribution in [1.82, 2.24) is 0 Å². The molecule has 0 atom stereocenters. The quantitative estimate of drug-likeness (QED) is 0.434. The van der Waals surface area contributed by atoms with Crippen LogP contribution < -0.4 is 16.6 Å². The molecule has 0 fully saturated rings. The molecule has 2 nitrogen and oxygen atoms in total. The van der Waals surface area contributed by atoms with E-state index in [9.17, 15) is 0 Å². The Bertz CT molecular complexity index is 497. The SMILES string of the molecule is CCCCOc1cc[c]([Sn][c]2ccc(OCCCC)cc2)cc1. The molecule has 2 aromatic carbocycles. The molecule has 0 spiro atoms. The summed E-state index contributed by atoms with van der Waals surface area (Å²) in [5, 5.41) is 0. The van der Waals surface area contributed by atoms with Crippen LogP contribution in [0.1, 0.15) is 39.5 Å². The first-order valence-electron chi connectivity index (χ1n) is 8.54. The van der Waals surface area contributed by atoms with E-state index in [1.807, 2.05) is 0 Å². The van der Waals surface area contributed by atoms with Crippen LogP contribution >= 0.6 is 0 Å². The van der Waals surface area contributed by atoms with Crippen molar-refractivity contribution in [2.45, 2.75) is 39.5 Å². The molecular weight excluding hydrogens is 391 g/mol. The van der Waals surface area contributed by atoms with Gasteiger partial charge in [-0.25, -0.2) is 0 Å². The van der Waals surface area contributed by atoms with E-state index in [1.54, 1.807) is 0 Å². The minimum atomic E-state index is -0.729. The Morgan fingerprint density at radius 1 is 0.652 bits per heavy atom. The van der Waals surface area contributed by atoms with Gasteiger partial charge in [-0.1, -0.05) is 0 Å². The van der Waals surface area contributed by atoms with Gasteiger partial charge in [-0.05, 0) is 0 Å². The van der Waals surface area contributed by atoms with E-state index >= 15 is 0 Å². The molecule has 2 radical (unpaired) electrons. The van der Waals surface area contributed by atoms with Gasteiger partial charge in [-0.2, -0.15) is 0 Å². The molecule has 0 bridgehead atoms. The van der Waals surface area contributed by atoms with E-state index in [0.717, 1.165) is 37.6 Å². The summed E-state index contributed by atoms with van der Waals surface area (Å²) < 4.78 is 14.4. The van der Waals surface area contributed by atoms with Crippen LogP contribution in [0.15, 0.2) is 48.5 Å². The number of hydrogen-bond donors (Lipinski definition) is 0. The third-order valence-electron chi connectivity index (χ3n) is 3.53. The molecular formula is C20H26O2Sn. The van der Waals surface area contributed by atoms with Crippen LogP contribution in [0.4, 0.5) is 0 Å². The zero-order valence-electron chi connectivity index (χ0n) is 14.2. The average Bonchev–Trinajstić information content (AvgIpc) is 2.58. The molecule has 122 valence electrons. The molecule has 3 heteroatoms. The molecule has 0 saturated carbocycles. The van der Waals surface area contributed by atoms with Crippen molar-refractivity contribution in [3.8, 4) is 11.5 Å². The van der Waals surface area contributed by atoms with Gasteiger partial charge in [-0.3, -0.25) is 0 Å². The van der Waals surface area contributed by atoms with Gasteiger partial charge in [-0.15, -0.1) is 0 Å². The number of unbranched alkanes of at least 4 members (excludes halogenated alkanes) is 2. The molecule has 0 unspecified atom stereocenters. The molecule has 0 aliphatic carbocycles. The molecule has 0 aliphatic heterocycles. The van der Waals surface area contributed by atoms with Crippen molar-refractivity contribution in [2.24, 2.45) is 0 Å². The number of ether oxygens (including phenoxy) is 2. The topological polar surface area (TPSA) is 18.5 Å². The van der Waals surface area contributed by atoms with Crippen LogP contribution in [0.5, 0.6) is 11.5 Å². The van der Waals surface area contributed by atoms with Crippen LogP contribution in [0, 0.1) is 0 Å². The monoisotopic (exact) mass is 418 g/mol. The predicted molar refractivity (Wildman–Crippen MR) is 98.7 cm³/mol. The molecule has 0 heterocycles. The Morgan fingerprint density at radius 2 is 1.04 bits per heavy atom. The summed E-state index contributed by atoms with van der Waals surface area (Å²) in [5.74, 6) is 1.97. The van der Waals surface area contributed by atoms with Gasteiger partial charge in [0.05, 0.1) is 0 Å². The van der Waals surface area contributed by atoms with E-state index in [0.29, 0.717) is 0 Å². The summed E-state index contributed by atoms with van der Waals surface area (Å²) >= 11 is -0.729. The molecule has 2 aromatic rings. The standard InChI is InChI=1S/2C10H13O.Sn/c2*1-2-3-9-11-10-7-5-4-6-8-10;/h2*5-8H,2-3,9H2,1H3;. The summed E-state index contributed by atoms with van der Waals surface area (Å²) in [4.78, 5) is 0. The summed E-state index contributed by atoms with van der Waals surface area (Å²) in [7, 11) is 0. The Labute approximate surface area is 150 Å². The van der Waals surface area contributed by atoms with Gasteiger partial charge in [0.25, 0.3) is 0 Å². The third-order valence-corrected chi connectivity index (χ3v) is 7.08. The predicted octanol–water partition coefficient (Wildman–Crippen LogP) is 3.70. The minimum absolute atomic E-state index is 0.729. The summed E-state index contributed by atoms with van der Waals surface area (Å²) in [5.41, 5.74) is 0. The Hall–Kier alpha value is -1.16. The summed E-state index contributed by atoms with van der Waals surface area (Å²) in [6, 6.07) is 17.3. The second-order valence-corrected chi connectivity index (χ2v) is 9.59. The second-order valence-electron chi connectivity index (χ2n) is 5.58. The second kappa shape index (κ2) is 10.6. The van der Waals surface area contributed by atoms with E-state index in [1.165, 1.54) is 20.0 Å². The van der Waals surface area contributed by atoms with Crippen molar-refractivity contribution < 1.29 is 9.47 Å². The molecule has 0 aromatic heterocycles. The van der Waals surface area contributed by atoms with Gasteiger partial charge in [0.2, 0.25) is 0 Å². The van der Waals surface area contributed by atoms with Crippen LogP contribution in [0.25, 0.3) is 0 Å². The van der Waals surface area contributed by atoms with Crippen molar-refractivity contribution in [3.63, 3.8) is 0 Å². The van der Waals surface area contributed by atoms with Crippen molar-refractivity contribution >= 4 is 28.3 Å². The Kier molecular flexibility index (Phi) is 8.37. The van der Waals surface area contributed by atoms with Crippen molar-refractivity contribution in [2.75, 3.05) is 13.2 Å². The van der Waals surface area contributed by atoms with Crippen LogP contribution in [0.3, 0.4) is 0 Å². The van der Waals surface area contributed by atoms with Crippen LogP contribution in [-0.2, 0) is 0 Å². The maximum absolute atomic E-state index is 5.72. The fraction of sp³-hybridized carbons (Fsp3) is 0.400. The Balaban J connectivity index is 1.84. The molecule has 0 saturated heterocycles. The van der Waals surface area contributed by atoms with Gasteiger partial charge in [0, 0.05) is 0 Å². The normalized spacial score (nSPS) is 10.5. The zero-order valence-corrected chi connectivity index (χ0v) is 17.0. The first-order valence-corrected chi connectivity index (χ1v) is 11.4. The summed E-state index contributed by atoms with van der Waals surface area (Å²) in [6.07, 6.45) is 4.58. The first kappa shape index (κ1) is 18.2. The fourth-order valence-electron chi connectivity index (χ4n) is 2.10. The fourth-order valence-corrected chi connectivity index (χ4v) is 4.96. The number of rotatable bonds is 10. The average molecular weight is 417 g/mol. The molecule has 23 heavy (non-hydrogen) atoms. The first-order chi connectivity index (χ1) is 11.3. The van der Waals surface area contributed by atoms with Gasteiger partial charge in [0.1, 0.15) is 0 Å².